The number of quaternary nitrogens is 2. The van der Waals surface area contributed by atoms with Gasteiger partial charge in [0.25, 0.3) is 0 Å². The van der Waals surface area contributed by atoms with Crippen molar-refractivity contribution >= 4 is 17.3 Å². The van der Waals surface area contributed by atoms with Crippen LogP contribution in [0.1, 0.15) is 18.4 Å². The molecule has 2 aromatic rings. The van der Waals surface area contributed by atoms with E-state index in [1.54, 1.807) is 21.9 Å². The van der Waals surface area contributed by atoms with Crippen molar-refractivity contribution in [1.29, 1.82) is 0 Å². The summed E-state index contributed by atoms with van der Waals surface area (Å²) in [5.41, 5.74) is 2.02. The third-order valence-electron chi connectivity index (χ3n) is 6.27. The van der Waals surface area contributed by atoms with Gasteiger partial charge in [0, 0.05) is 23.4 Å². The Labute approximate surface area is 166 Å². The van der Waals surface area contributed by atoms with Gasteiger partial charge in [-0.05, 0) is 18.2 Å². The number of piperazine rings is 1. The number of nitrogens with one attached hydrogen (secondary N) is 2. The van der Waals surface area contributed by atoms with E-state index in [4.69, 9.17) is 11.6 Å². The van der Waals surface area contributed by atoms with Gasteiger partial charge < -0.3 is 14.7 Å². The average Bonchev–Trinajstić information content (AvgIpc) is 2.71. The lowest BCUT2D eigenvalue weighted by atomic mass is 10.0. The fourth-order valence-corrected chi connectivity index (χ4v) is 4.88. The minimum Gasteiger partial charge on any atom is -0.358 e. The number of halogens is 2. The number of piperidine rings is 1. The van der Waals surface area contributed by atoms with Crippen molar-refractivity contribution in [3.8, 4) is 0 Å². The van der Waals surface area contributed by atoms with Crippen LogP contribution in [0.4, 0.5) is 10.1 Å². The molecule has 2 saturated heterocycles. The van der Waals surface area contributed by atoms with E-state index < -0.39 is 0 Å². The molecule has 0 atom stereocenters. The Morgan fingerprint density at radius 1 is 0.926 bits per heavy atom. The number of benzene rings is 2. The highest BCUT2D eigenvalue weighted by molar-refractivity contribution is 6.31. The van der Waals surface area contributed by atoms with Crippen molar-refractivity contribution in [2.75, 3.05) is 44.2 Å². The lowest BCUT2D eigenvalue weighted by Crippen LogP contribution is -3.21. The third-order valence-corrected chi connectivity index (χ3v) is 6.64. The Balaban J connectivity index is 1.26. The number of anilines is 1. The van der Waals surface area contributed by atoms with Gasteiger partial charge in [-0.25, -0.2) is 4.39 Å². The van der Waals surface area contributed by atoms with Crippen LogP contribution in [-0.2, 0) is 6.54 Å². The highest BCUT2D eigenvalue weighted by Gasteiger charge is 2.32. The van der Waals surface area contributed by atoms with Crippen molar-refractivity contribution in [1.82, 2.24) is 0 Å². The zero-order valence-electron chi connectivity index (χ0n) is 15.8. The highest BCUT2D eigenvalue weighted by Crippen LogP contribution is 2.18. The molecule has 0 bridgehead atoms. The molecule has 5 heteroatoms. The molecule has 3 nitrogen and oxygen atoms in total. The van der Waals surface area contributed by atoms with E-state index in [2.05, 4.69) is 17.0 Å². The zero-order chi connectivity index (χ0) is 18.6. The van der Waals surface area contributed by atoms with Gasteiger partial charge in [0.2, 0.25) is 0 Å². The molecule has 0 saturated carbocycles. The Morgan fingerprint density at radius 2 is 1.59 bits per heavy atom. The SMILES string of the molecule is Fc1ccccc1N1CC[NH+](C2CC[NH+](Cc3ccccc3Cl)CC2)CC1. The van der Waals surface area contributed by atoms with Gasteiger partial charge in [-0.2, -0.15) is 0 Å². The van der Waals surface area contributed by atoms with Gasteiger partial charge in [0.15, 0.2) is 0 Å². The van der Waals surface area contributed by atoms with Crippen LogP contribution in [0.3, 0.4) is 0 Å². The van der Waals surface area contributed by atoms with E-state index in [0.29, 0.717) is 0 Å². The Morgan fingerprint density at radius 3 is 2.30 bits per heavy atom. The average molecular weight is 390 g/mol. The summed E-state index contributed by atoms with van der Waals surface area (Å²) >= 11 is 6.32. The molecule has 4 rings (SSSR count). The number of likely N-dealkylation sites (tertiary alicyclic amines) is 1. The highest BCUT2D eigenvalue weighted by atomic mass is 35.5. The van der Waals surface area contributed by atoms with E-state index in [9.17, 15) is 4.39 Å². The van der Waals surface area contributed by atoms with Crippen LogP contribution in [0.15, 0.2) is 48.5 Å². The summed E-state index contributed by atoms with van der Waals surface area (Å²) in [6.45, 7) is 7.58. The first kappa shape index (κ1) is 18.7. The Hall–Kier alpha value is -1.62. The molecule has 27 heavy (non-hydrogen) atoms. The van der Waals surface area contributed by atoms with Crippen LogP contribution in [0, 0.1) is 5.82 Å². The topological polar surface area (TPSA) is 12.1 Å². The number of hydrogen-bond acceptors (Lipinski definition) is 1. The lowest BCUT2D eigenvalue weighted by molar-refractivity contribution is -0.963. The van der Waals surface area contributed by atoms with Gasteiger partial charge in [0.05, 0.1) is 51.0 Å². The molecule has 2 fully saturated rings. The minimum absolute atomic E-state index is 0.0996. The van der Waals surface area contributed by atoms with Gasteiger partial charge in [-0.1, -0.05) is 41.9 Å². The molecule has 2 heterocycles. The van der Waals surface area contributed by atoms with Crippen LogP contribution in [0.5, 0.6) is 0 Å². The quantitative estimate of drug-likeness (QED) is 0.806. The van der Waals surface area contributed by atoms with Crippen molar-refractivity contribution < 1.29 is 14.2 Å². The first-order valence-corrected chi connectivity index (χ1v) is 10.5. The predicted molar refractivity (Wildman–Crippen MR) is 108 cm³/mol. The first-order chi connectivity index (χ1) is 13.2. The summed E-state index contributed by atoms with van der Waals surface area (Å²) in [5.74, 6) is -0.0996. The molecule has 0 aromatic heterocycles. The predicted octanol–water partition coefficient (Wildman–Crippen LogP) is 1.43. The molecular formula is C22H29ClFN3+2. The maximum absolute atomic E-state index is 14.0. The van der Waals surface area contributed by atoms with Crippen LogP contribution in [0.25, 0.3) is 0 Å². The van der Waals surface area contributed by atoms with Crippen molar-refractivity contribution in [3.63, 3.8) is 0 Å². The van der Waals surface area contributed by atoms with E-state index >= 15 is 0 Å². The molecule has 2 aromatic carbocycles. The van der Waals surface area contributed by atoms with Gasteiger partial charge in [-0.3, -0.25) is 0 Å². The van der Waals surface area contributed by atoms with E-state index in [0.717, 1.165) is 49.5 Å². The van der Waals surface area contributed by atoms with Crippen molar-refractivity contribution in [2.45, 2.75) is 25.4 Å². The monoisotopic (exact) mass is 389 g/mol. The zero-order valence-corrected chi connectivity index (χ0v) is 16.5. The molecule has 144 valence electrons. The number of rotatable bonds is 4. The Bertz CT molecular complexity index is 753. The van der Waals surface area contributed by atoms with E-state index in [1.165, 1.54) is 31.5 Å². The minimum atomic E-state index is -0.0996. The summed E-state index contributed by atoms with van der Waals surface area (Å²) in [7, 11) is 0. The smallest absolute Gasteiger partial charge is 0.146 e. The molecular weight excluding hydrogens is 361 g/mol. The lowest BCUT2D eigenvalue weighted by Gasteiger charge is -2.40. The van der Waals surface area contributed by atoms with E-state index in [-0.39, 0.29) is 5.82 Å². The molecule has 0 radical (unpaired) electrons. The van der Waals surface area contributed by atoms with Crippen molar-refractivity contribution in [2.24, 2.45) is 0 Å². The summed E-state index contributed by atoms with van der Waals surface area (Å²) < 4.78 is 14.0. The molecule has 2 aliphatic heterocycles. The molecule has 0 aliphatic carbocycles. The second-order valence-corrected chi connectivity index (χ2v) is 8.30. The van der Waals surface area contributed by atoms with E-state index in [1.807, 2.05) is 24.3 Å². The standard InChI is InChI=1S/C22H27ClFN3/c23-20-6-2-1-5-18(20)17-25-11-9-19(10-12-25)26-13-15-27(16-14-26)22-8-4-3-7-21(22)24/h1-8,19H,9-17H2/p+2. The summed E-state index contributed by atoms with van der Waals surface area (Å²) in [4.78, 5) is 5.56. The molecule has 0 unspecified atom stereocenters. The number of hydrogen-bond donors (Lipinski definition) is 2. The number of para-hydroxylation sites is 1. The summed E-state index contributed by atoms with van der Waals surface area (Å²) in [6, 6.07) is 16.1. The van der Waals surface area contributed by atoms with Gasteiger partial charge >= 0.3 is 0 Å². The fraction of sp³-hybridized carbons (Fsp3) is 0.455. The van der Waals surface area contributed by atoms with Crippen LogP contribution in [-0.4, -0.2) is 45.3 Å². The van der Waals surface area contributed by atoms with Crippen LogP contribution >= 0.6 is 11.6 Å². The van der Waals surface area contributed by atoms with Crippen molar-refractivity contribution in [3.05, 3.63) is 64.9 Å². The molecule has 0 amide bonds. The van der Waals surface area contributed by atoms with Gasteiger partial charge in [-0.15, -0.1) is 0 Å². The second-order valence-electron chi connectivity index (χ2n) is 7.89. The maximum atomic E-state index is 14.0. The molecule has 2 aliphatic rings. The second kappa shape index (κ2) is 8.59. The first-order valence-electron chi connectivity index (χ1n) is 10.1. The van der Waals surface area contributed by atoms with Crippen LogP contribution < -0.4 is 14.7 Å². The third kappa shape index (κ3) is 4.45. The van der Waals surface area contributed by atoms with Gasteiger partial charge in [0.1, 0.15) is 12.4 Å². The Kier molecular flexibility index (Phi) is 5.96. The summed E-state index contributed by atoms with van der Waals surface area (Å²) in [6.07, 6.45) is 2.55. The summed E-state index contributed by atoms with van der Waals surface area (Å²) in [5, 5.41) is 0.891. The van der Waals surface area contributed by atoms with Crippen LogP contribution in [0.2, 0.25) is 5.02 Å². The number of nitrogens with zero attached hydrogens (tertiary/aromatic N) is 1. The molecule has 2 N–H and O–H groups in total. The fourth-order valence-electron chi connectivity index (χ4n) is 4.67. The normalized spacial score (nSPS) is 24.1. The largest absolute Gasteiger partial charge is 0.358 e. The molecule has 0 spiro atoms. The maximum Gasteiger partial charge on any atom is 0.146 e.